The Kier molecular flexibility index (Phi) is 8.59. The zero-order chi connectivity index (χ0) is 23.1. The number of methoxy groups -OCH3 is 6. The highest BCUT2D eigenvalue weighted by atomic mass is 32.2. The number of thioether (sulfide) groups is 2. The maximum atomic E-state index is 5.58. The average Bonchev–Trinajstić information content (AvgIpc) is 2.82. The van der Waals surface area contributed by atoms with Gasteiger partial charge in [0, 0.05) is 0 Å². The molecule has 0 saturated carbocycles. The molecule has 0 unspecified atom stereocenters. The van der Waals surface area contributed by atoms with Gasteiger partial charge in [0.25, 0.3) is 0 Å². The number of ether oxygens (including phenoxy) is 6. The molecule has 32 heavy (non-hydrogen) atoms. The highest BCUT2D eigenvalue weighted by molar-refractivity contribution is 8.18. The van der Waals surface area contributed by atoms with Gasteiger partial charge >= 0.3 is 0 Å². The third kappa shape index (κ3) is 5.29. The van der Waals surface area contributed by atoms with E-state index in [2.05, 4.69) is 0 Å². The molecule has 0 radical (unpaired) electrons. The summed E-state index contributed by atoms with van der Waals surface area (Å²) in [5.74, 6) is 6.18. The summed E-state index contributed by atoms with van der Waals surface area (Å²) in [6.45, 7) is 0. The standard InChI is InChI=1S/C24H32O6S2/c1-25-18-10-16(11-19(26-2)22(18)29-5)14-24(31-8-7-9-32-24)15-17-12-20(27-3)23(30-6)21(13-17)28-4/h10-13H,7-9,14-15H2,1-6H3. The van der Waals surface area contributed by atoms with Crippen molar-refractivity contribution in [2.24, 2.45) is 0 Å². The second kappa shape index (κ2) is 11.2. The Morgan fingerprint density at radius 2 is 0.938 bits per heavy atom. The Bertz CT molecular complexity index is 794. The zero-order valence-corrected chi connectivity index (χ0v) is 21.2. The molecule has 1 aliphatic rings. The minimum absolute atomic E-state index is 0.0343. The van der Waals surface area contributed by atoms with Gasteiger partial charge in [-0.05, 0) is 66.2 Å². The zero-order valence-electron chi connectivity index (χ0n) is 19.6. The van der Waals surface area contributed by atoms with Crippen molar-refractivity contribution in [1.82, 2.24) is 0 Å². The van der Waals surface area contributed by atoms with E-state index in [1.807, 2.05) is 47.8 Å². The molecule has 0 aliphatic carbocycles. The first-order chi connectivity index (χ1) is 15.5. The van der Waals surface area contributed by atoms with Gasteiger partial charge in [-0.3, -0.25) is 0 Å². The topological polar surface area (TPSA) is 55.4 Å². The van der Waals surface area contributed by atoms with E-state index in [-0.39, 0.29) is 4.08 Å². The van der Waals surface area contributed by atoms with E-state index in [0.717, 1.165) is 35.5 Å². The number of hydrogen-bond acceptors (Lipinski definition) is 8. The minimum atomic E-state index is -0.0343. The van der Waals surface area contributed by atoms with Crippen LogP contribution in [-0.2, 0) is 12.8 Å². The molecule has 0 bridgehead atoms. The maximum absolute atomic E-state index is 5.58. The van der Waals surface area contributed by atoms with Gasteiger partial charge in [-0.15, -0.1) is 23.5 Å². The summed E-state index contributed by atoms with van der Waals surface area (Å²) in [6.07, 6.45) is 2.92. The molecule has 0 amide bonds. The third-order valence-electron chi connectivity index (χ3n) is 5.41. The van der Waals surface area contributed by atoms with Crippen molar-refractivity contribution in [2.45, 2.75) is 23.3 Å². The van der Waals surface area contributed by atoms with E-state index in [1.54, 1.807) is 42.7 Å². The summed E-state index contributed by atoms with van der Waals surface area (Å²) in [6, 6.07) is 8.20. The normalized spacial score (nSPS) is 15.1. The Morgan fingerprint density at radius 3 is 1.22 bits per heavy atom. The Balaban J connectivity index is 1.98. The molecule has 1 saturated heterocycles. The predicted molar refractivity (Wildman–Crippen MR) is 132 cm³/mol. The summed E-state index contributed by atoms with van der Waals surface area (Å²) in [5.41, 5.74) is 2.29. The van der Waals surface area contributed by atoms with E-state index in [9.17, 15) is 0 Å². The second-order valence-electron chi connectivity index (χ2n) is 7.38. The van der Waals surface area contributed by atoms with Gasteiger partial charge in [-0.1, -0.05) is 0 Å². The number of hydrogen-bond donors (Lipinski definition) is 0. The van der Waals surface area contributed by atoms with Crippen LogP contribution in [0.25, 0.3) is 0 Å². The van der Waals surface area contributed by atoms with E-state index in [0.29, 0.717) is 34.5 Å². The van der Waals surface area contributed by atoms with Gasteiger partial charge in [-0.25, -0.2) is 0 Å². The first-order valence-corrected chi connectivity index (χ1v) is 12.4. The van der Waals surface area contributed by atoms with E-state index in [1.165, 1.54) is 6.42 Å². The molecule has 6 nitrogen and oxygen atoms in total. The lowest BCUT2D eigenvalue weighted by Crippen LogP contribution is -2.30. The molecule has 0 atom stereocenters. The molecular weight excluding hydrogens is 448 g/mol. The van der Waals surface area contributed by atoms with Gasteiger partial charge in [0.2, 0.25) is 11.5 Å². The van der Waals surface area contributed by atoms with Crippen LogP contribution in [0.1, 0.15) is 17.5 Å². The molecule has 0 spiro atoms. The van der Waals surface area contributed by atoms with Crippen molar-refractivity contribution < 1.29 is 28.4 Å². The molecule has 8 heteroatoms. The minimum Gasteiger partial charge on any atom is -0.493 e. The molecule has 2 aromatic carbocycles. The largest absolute Gasteiger partial charge is 0.493 e. The van der Waals surface area contributed by atoms with Gasteiger partial charge in [0.05, 0.1) is 46.7 Å². The van der Waals surface area contributed by atoms with Crippen molar-refractivity contribution in [1.29, 1.82) is 0 Å². The van der Waals surface area contributed by atoms with E-state index >= 15 is 0 Å². The number of benzene rings is 2. The summed E-state index contributed by atoms with van der Waals surface area (Å²) in [7, 11) is 9.85. The van der Waals surface area contributed by atoms with Crippen LogP contribution in [-0.4, -0.2) is 58.2 Å². The smallest absolute Gasteiger partial charge is 0.203 e. The van der Waals surface area contributed by atoms with Crippen molar-refractivity contribution in [2.75, 3.05) is 54.2 Å². The van der Waals surface area contributed by atoms with Crippen LogP contribution in [0.3, 0.4) is 0 Å². The SMILES string of the molecule is COc1cc(CC2(Cc3cc(OC)c(OC)c(OC)c3)SCCCS2)cc(OC)c1OC. The van der Waals surface area contributed by atoms with Gasteiger partial charge < -0.3 is 28.4 Å². The van der Waals surface area contributed by atoms with Crippen LogP contribution >= 0.6 is 23.5 Å². The lowest BCUT2D eigenvalue weighted by Gasteiger charge is -2.37. The van der Waals surface area contributed by atoms with Crippen LogP contribution in [0.4, 0.5) is 0 Å². The van der Waals surface area contributed by atoms with Gasteiger partial charge in [0.15, 0.2) is 23.0 Å². The van der Waals surface area contributed by atoms with Gasteiger partial charge in [-0.2, -0.15) is 0 Å². The highest BCUT2D eigenvalue weighted by Crippen LogP contribution is 2.50. The molecule has 1 aliphatic heterocycles. The summed E-state index contributed by atoms with van der Waals surface area (Å²) in [5, 5.41) is 0. The lowest BCUT2D eigenvalue weighted by atomic mass is 10.0. The highest BCUT2D eigenvalue weighted by Gasteiger charge is 2.35. The maximum Gasteiger partial charge on any atom is 0.203 e. The molecule has 0 aromatic heterocycles. The van der Waals surface area contributed by atoms with Crippen LogP contribution in [0.5, 0.6) is 34.5 Å². The first kappa shape index (κ1) is 24.6. The first-order valence-electron chi connectivity index (χ1n) is 10.4. The van der Waals surface area contributed by atoms with Crippen LogP contribution in [0, 0.1) is 0 Å². The lowest BCUT2D eigenvalue weighted by molar-refractivity contribution is 0.323. The average molecular weight is 481 g/mol. The number of rotatable bonds is 10. The summed E-state index contributed by atoms with van der Waals surface area (Å²) >= 11 is 4.02. The third-order valence-corrected chi connectivity index (χ3v) is 8.74. The fraction of sp³-hybridized carbons (Fsp3) is 0.500. The van der Waals surface area contributed by atoms with Crippen LogP contribution < -0.4 is 28.4 Å². The van der Waals surface area contributed by atoms with Crippen molar-refractivity contribution in [3.63, 3.8) is 0 Å². The predicted octanol–water partition coefficient (Wildman–Crippen LogP) is 5.09. The molecule has 2 aromatic rings. The van der Waals surface area contributed by atoms with Crippen LogP contribution in [0.2, 0.25) is 0 Å². The van der Waals surface area contributed by atoms with Gasteiger partial charge in [0.1, 0.15) is 0 Å². The molecule has 1 heterocycles. The molecule has 176 valence electrons. The van der Waals surface area contributed by atoms with E-state index in [4.69, 9.17) is 28.4 Å². The monoisotopic (exact) mass is 480 g/mol. The second-order valence-corrected chi connectivity index (χ2v) is 10.6. The molecular formula is C24H32O6S2. The van der Waals surface area contributed by atoms with Crippen LogP contribution in [0.15, 0.2) is 24.3 Å². The summed E-state index contributed by atoms with van der Waals surface area (Å²) < 4.78 is 33.3. The molecule has 1 fully saturated rings. The quantitative estimate of drug-likeness (QED) is 0.466. The van der Waals surface area contributed by atoms with Crippen molar-refractivity contribution in [3.8, 4) is 34.5 Å². The Morgan fingerprint density at radius 1 is 0.594 bits per heavy atom. The molecule has 3 rings (SSSR count). The Hall–Kier alpha value is -2.06. The fourth-order valence-electron chi connectivity index (χ4n) is 3.98. The molecule has 0 N–H and O–H groups in total. The van der Waals surface area contributed by atoms with Crippen molar-refractivity contribution in [3.05, 3.63) is 35.4 Å². The fourth-order valence-corrected chi connectivity index (χ4v) is 7.39. The van der Waals surface area contributed by atoms with E-state index < -0.39 is 0 Å². The van der Waals surface area contributed by atoms with Crippen molar-refractivity contribution >= 4 is 23.5 Å². The Labute approximate surface area is 199 Å². The summed E-state index contributed by atoms with van der Waals surface area (Å²) in [4.78, 5) is 0.